The van der Waals surface area contributed by atoms with Crippen LogP contribution in [0.4, 0.5) is 0 Å². The summed E-state index contributed by atoms with van der Waals surface area (Å²) in [5.74, 6) is 0. The number of rotatable bonds is 0. The molecule has 1 heterocycles. The van der Waals surface area contributed by atoms with Gasteiger partial charge in [-0.2, -0.15) is 4.55 Å². The summed E-state index contributed by atoms with van der Waals surface area (Å²) in [5.41, 5.74) is 1.75. The lowest BCUT2D eigenvalue weighted by atomic mass is 10.1. The number of benzene rings is 2. The molecule has 2 nitrogen and oxygen atoms in total. The van der Waals surface area contributed by atoms with E-state index in [9.17, 15) is 8.76 Å². The average molecular weight is 217 g/mol. The van der Waals surface area contributed by atoms with Crippen LogP contribution in [0.5, 0.6) is 0 Å². The van der Waals surface area contributed by atoms with Gasteiger partial charge in [-0.05, 0) is 24.3 Å². The summed E-state index contributed by atoms with van der Waals surface area (Å²) in [6, 6.07) is 14.6. The Morgan fingerprint density at radius 3 is 1.67 bits per heavy atom. The van der Waals surface area contributed by atoms with Crippen LogP contribution >= 0.6 is 0 Å². The van der Waals surface area contributed by atoms with Gasteiger partial charge in [0.05, 0.1) is 0 Å². The van der Waals surface area contributed by atoms with Gasteiger partial charge in [-0.3, -0.25) is 0 Å². The Morgan fingerprint density at radius 1 is 0.800 bits per heavy atom. The third kappa shape index (κ3) is 1.05. The number of hydrogen-bond donors (Lipinski definition) is 1. The molecule has 2 aromatic carbocycles. The molecule has 0 saturated heterocycles. The van der Waals surface area contributed by atoms with Crippen LogP contribution in [0.2, 0.25) is 0 Å². The fraction of sp³-hybridized carbons (Fsp3) is 0. The maximum atomic E-state index is 12.2. The Bertz CT molecular complexity index is 540. The third-order valence-electron chi connectivity index (χ3n) is 2.66. The van der Waals surface area contributed by atoms with Gasteiger partial charge in [-0.25, -0.2) is 0 Å². The highest BCUT2D eigenvalue weighted by molar-refractivity contribution is 7.98. The van der Waals surface area contributed by atoms with Crippen molar-refractivity contribution in [3.8, 4) is 11.1 Å². The van der Waals surface area contributed by atoms with E-state index in [0.717, 1.165) is 11.1 Å². The van der Waals surface area contributed by atoms with Crippen molar-refractivity contribution in [2.75, 3.05) is 0 Å². The van der Waals surface area contributed by atoms with Gasteiger partial charge in [0.1, 0.15) is 0 Å². The van der Waals surface area contributed by atoms with Crippen molar-refractivity contribution >= 4 is 10.2 Å². The fourth-order valence-corrected chi connectivity index (χ4v) is 3.69. The van der Waals surface area contributed by atoms with Crippen molar-refractivity contribution < 1.29 is 8.76 Å². The zero-order chi connectivity index (χ0) is 10.5. The third-order valence-corrected chi connectivity index (χ3v) is 4.56. The molecule has 1 aliphatic heterocycles. The molecule has 0 bridgehead atoms. The van der Waals surface area contributed by atoms with E-state index in [1.807, 2.05) is 24.3 Å². The van der Waals surface area contributed by atoms with Gasteiger partial charge in [0, 0.05) is 11.1 Å². The maximum Gasteiger partial charge on any atom is 0.282 e. The monoisotopic (exact) mass is 217 g/mol. The van der Waals surface area contributed by atoms with Crippen LogP contribution < -0.4 is 0 Å². The molecule has 0 spiro atoms. The van der Waals surface area contributed by atoms with Crippen molar-refractivity contribution in [3.05, 3.63) is 48.5 Å². The van der Waals surface area contributed by atoms with Gasteiger partial charge in [0.15, 0.2) is 0 Å². The van der Waals surface area contributed by atoms with E-state index in [0.29, 0.717) is 9.79 Å². The van der Waals surface area contributed by atoms with E-state index in [2.05, 4.69) is 0 Å². The fourth-order valence-electron chi connectivity index (χ4n) is 1.98. The number of fused-ring (bicyclic) bond motifs is 3. The SMILES string of the molecule is O=[S+]1(O)c2ccccc2-c2ccccc21. The van der Waals surface area contributed by atoms with Crippen LogP contribution in [0.15, 0.2) is 58.3 Å². The molecule has 0 atom stereocenters. The van der Waals surface area contributed by atoms with Crippen LogP contribution in [0.3, 0.4) is 0 Å². The second-order valence-electron chi connectivity index (χ2n) is 3.52. The molecule has 1 aliphatic rings. The molecule has 1 N–H and O–H groups in total. The van der Waals surface area contributed by atoms with Gasteiger partial charge in [0.2, 0.25) is 9.79 Å². The highest BCUT2D eigenvalue weighted by atomic mass is 32.3. The molecule has 15 heavy (non-hydrogen) atoms. The highest BCUT2D eigenvalue weighted by Crippen LogP contribution is 2.45. The maximum absolute atomic E-state index is 12.2. The first kappa shape index (κ1) is 8.83. The normalized spacial score (nSPS) is 15.8. The van der Waals surface area contributed by atoms with Gasteiger partial charge in [-0.1, -0.05) is 28.5 Å². The van der Waals surface area contributed by atoms with Crippen molar-refractivity contribution in [2.45, 2.75) is 9.79 Å². The average Bonchev–Trinajstić information content (AvgIpc) is 2.51. The van der Waals surface area contributed by atoms with E-state index < -0.39 is 10.2 Å². The minimum atomic E-state index is -3.01. The molecule has 0 unspecified atom stereocenters. The molecule has 0 saturated carbocycles. The summed E-state index contributed by atoms with van der Waals surface area (Å²) in [6.07, 6.45) is 0. The summed E-state index contributed by atoms with van der Waals surface area (Å²) in [7, 11) is -3.01. The molecular formula is C12H9O2S+. The standard InChI is InChI=1S/C12H8O2S/c13-15(14)11-7-3-1-5-9(11)10-6-2-4-8-12(10)15/h1-8H/p+1. The van der Waals surface area contributed by atoms with E-state index in [4.69, 9.17) is 0 Å². The van der Waals surface area contributed by atoms with Crippen LogP contribution in [0.25, 0.3) is 11.1 Å². The zero-order valence-corrected chi connectivity index (χ0v) is 8.70. The Morgan fingerprint density at radius 2 is 1.20 bits per heavy atom. The molecule has 0 aliphatic carbocycles. The Kier molecular flexibility index (Phi) is 1.63. The van der Waals surface area contributed by atoms with Crippen LogP contribution in [0.1, 0.15) is 0 Å². The molecule has 0 fully saturated rings. The lowest BCUT2D eigenvalue weighted by molar-refractivity contribution is 0.500. The first-order chi connectivity index (χ1) is 7.21. The molecule has 0 aromatic heterocycles. The Hall–Kier alpha value is -1.45. The van der Waals surface area contributed by atoms with E-state index >= 15 is 0 Å². The molecule has 3 heteroatoms. The lowest BCUT2D eigenvalue weighted by Gasteiger charge is -1.95. The van der Waals surface area contributed by atoms with Gasteiger partial charge in [-0.15, -0.1) is 0 Å². The molecule has 2 aromatic rings. The molecule has 0 radical (unpaired) electrons. The van der Waals surface area contributed by atoms with Crippen LogP contribution in [-0.2, 0) is 14.4 Å². The Labute approximate surface area is 88.8 Å². The zero-order valence-electron chi connectivity index (χ0n) is 7.88. The predicted molar refractivity (Wildman–Crippen MR) is 59.1 cm³/mol. The molecule has 0 amide bonds. The number of hydrogen-bond acceptors (Lipinski definition) is 1. The molecule has 74 valence electrons. The Balaban J connectivity index is 2.47. The smallest absolute Gasteiger partial charge is 0.177 e. The molecular weight excluding hydrogens is 208 g/mol. The largest absolute Gasteiger partial charge is 0.282 e. The van der Waals surface area contributed by atoms with Gasteiger partial charge < -0.3 is 0 Å². The van der Waals surface area contributed by atoms with Gasteiger partial charge >= 0.3 is 0 Å². The van der Waals surface area contributed by atoms with Crippen molar-refractivity contribution in [2.24, 2.45) is 0 Å². The van der Waals surface area contributed by atoms with Crippen molar-refractivity contribution in [1.29, 1.82) is 0 Å². The summed E-state index contributed by atoms with van der Waals surface area (Å²) in [5, 5.41) is 0. The summed E-state index contributed by atoms with van der Waals surface area (Å²) < 4.78 is 22.2. The van der Waals surface area contributed by atoms with Crippen molar-refractivity contribution in [1.82, 2.24) is 0 Å². The predicted octanol–water partition coefficient (Wildman–Crippen LogP) is 3.06. The quantitative estimate of drug-likeness (QED) is 0.688. The lowest BCUT2D eigenvalue weighted by Crippen LogP contribution is -2.05. The van der Waals surface area contributed by atoms with E-state index in [1.54, 1.807) is 24.3 Å². The summed E-state index contributed by atoms with van der Waals surface area (Å²) in [4.78, 5) is 1.07. The molecule has 3 rings (SSSR count). The summed E-state index contributed by atoms with van der Waals surface area (Å²) in [6.45, 7) is 0. The second kappa shape index (κ2) is 2.78. The van der Waals surface area contributed by atoms with Crippen LogP contribution in [0, 0.1) is 0 Å². The second-order valence-corrected chi connectivity index (χ2v) is 5.45. The van der Waals surface area contributed by atoms with E-state index in [-0.39, 0.29) is 0 Å². The highest BCUT2D eigenvalue weighted by Gasteiger charge is 2.44. The summed E-state index contributed by atoms with van der Waals surface area (Å²) >= 11 is 0. The minimum Gasteiger partial charge on any atom is -0.177 e. The van der Waals surface area contributed by atoms with Crippen LogP contribution in [-0.4, -0.2) is 4.55 Å². The minimum absolute atomic E-state index is 0.534. The van der Waals surface area contributed by atoms with Crippen molar-refractivity contribution in [3.63, 3.8) is 0 Å². The first-order valence-electron chi connectivity index (χ1n) is 4.66. The van der Waals surface area contributed by atoms with Gasteiger partial charge in [0.25, 0.3) is 10.2 Å². The topological polar surface area (TPSA) is 37.3 Å². The van der Waals surface area contributed by atoms with E-state index in [1.165, 1.54) is 0 Å². The first-order valence-corrected chi connectivity index (χ1v) is 6.18.